The van der Waals surface area contributed by atoms with Crippen LogP contribution in [0.1, 0.15) is 23.1 Å². The van der Waals surface area contributed by atoms with Gasteiger partial charge in [0.05, 0.1) is 12.2 Å². The first kappa shape index (κ1) is 6.34. The summed E-state index contributed by atoms with van der Waals surface area (Å²) in [7, 11) is 0. The van der Waals surface area contributed by atoms with E-state index < -0.39 is 0 Å². The third-order valence-electron chi connectivity index (χ3n) is 1.74. The molecule has 0 spiro atoms. The summed E-state index contributed by atoms with van der Waals surface area (Å²) in [5.41, 5.74) is 1.58. The maximum atomic E-state index is 10.9. The molecule has 0 fully saturated rings. The summed E-state index contributed by atoms with van der Waals surface area (Å²) >= 11 is 0. The topological polar surface area (TPSA) is 34.9 Å². The molecule has 0 aromatic carbocycles. The van der Waals surface area contributed by atoms with Crippen LogP contribution in [0.3, 0.4) is 0 Å². The Hall–Kier alpha value is -1.38. The molecule has 2 heterocycles. The highest BCUT2D eigenvalue weighted by Gasteiger charge is 2.10. The molecule has 11 heavy (non-hydrogen) atoms. The van der Waals surface area contributed by atoms with Crippen LogP contribution in [0.25, 0.3) is 6.08 Å². The third-order valence-corrected chi connectivity index (χ3v) is 1.74. The average molecular weight is 148 g/mol. The van der Waals surface area contributed by atoms with Gasteiger partial charge in [0.1, 0.15) is 5.69 Å². The van der Waals surface area contributed by atoms with Crippen molar-refractivity contribution in [3.63, 3.8) is 0 Å². The smallest absolute Gasteiger partial charge is 0.180 e. The minimum Gasteiger partial charge on any atom is -0.293 e. The molecule has 2 rings (SSSR count). The summed E-state index contributed by atoms with van der Waals surface area (Å²) in [5, 5.41) is 4.09. The van der Waals surface area contributed by atoms with E-state index in [9.17, 15) is 4.79 Å². The predicted molar refractivity (Wildman–Crippen MR) is 41.3 cm³/mol. The Morgan fingerprint density at radius 1 is 1.73 bits per heavy atom. The normalized spacial score (nSPS) is 13.5. The molecule has 3 nitrogen and oxygen atoms in total. The number of hydrogen-bond donors (Lipinski definition) is 0. The highest BCUT2D eigenvalue weighted by Crippen LogP contribution is 2.12. The lowest BCUT2D eigenvalue weighted by molar-refractivity contribution is 0.101. The molecule has 3 heteroatoms. The zero-order valence-electron chi connectivity index (χ0n) is 6.24. The molecule has 0 radical (unpaired) electrons. The molecule has 1 aromatic rings. The molecule has 0 bridgehead atoms. The van der Waals surface area contributed by atoms with Gasteiger partial charge in [0.25, 0.3) is 0 Å². The summed E-state index contributed by atoms with van der Waals surface area (Å²) < 4.78 is 1.82. The van der Waals surface area contributed by atoms with Gasteiger partial charge in [-0.05, 0) is 12.1 Å². The maximum Gasteiger partial charge on any atom is 0.180 e. The molecule has 56 valence electrons. The molecule has 0 amide bonds. The van der Waals surface area contributed by atoms with Gasteiger partial charge in [0, 0.05) is 6.92 Å². The van der Waals surface area contributed by atoms with Crippen molar-refractivity contribution in [2.45, 2.75) is 13.5 Å². The average Bonchev–Trinajstić information content (AvgIpc) is 2.40. The van der Waals surface area contributed by atoms with Crippen molar-refractivity contribution in [2.24, 2.45) is 0 Å². The van der Waals surface area contributed by atoms with Crippen LogP contribution < -0.4 is 0 Å². The minimum atomic E-state index is 0.0281. The van der Waals surface area contributed by atoms with Crippen LogP contribution in [0, 0.1) is 0 Å². The number of aromatic nitrogens is 2. The Morgan fingerprint density at radius 2 is 2.55 bits per heavy atom. The van der Waals surface area contributed by atoms with Gasteiger partial charge >= 0.3 is 0 Å². The second kappa shape index (κ2) is 2.05. The number of carbonyl (C=O) groups excluding carboxylic acids is 1. The number of carbonyl (C=O) groups is 1. The van der Waals surface area contributed by atoms with Crippen molar-refractivity contribution < 1.29 is 4.79 Å². The molecular formula is C8H8N2O. The van der Waals surface area contributed by atoms with Crippen LogP contribution >= 0.6 is 0 Å². The number of allylic oxidation sites excluding steroid dienone is 1. The van der Waals surface area contributed by atoms with Gasteiger partial charge < -0.3 is 0 Å². The monoisotopic (exact) mass is 148 g/mol. The molecule has 0 saturated heterocycles. The summed E-state index contributed by atoms with van der Waals surface area (Å²) in [6.07, 6.45) is 3.99. The summed E-state index contributed by atoms with van der Waals surface area (Å²) in [4.78, 5) is 10.9. The highest BCUT2D eigenvalue weighted by molar-refractivity contribution is 5.92. The van der Waals surface area contributed by atoms with Gasteiger partial charge in [0.2, 0.25) is 0 Å². The van der Waals surface area contributed by atoms with E-state index in [-0.39, 0.29) is 5.78 Å². The zero-order valence-corrected chi connectivity index (χ0v) is 6.24. The van der Waals surface area contributed by atoms with Crippen LogP contribution in [-0.2, 0) is 6.54 Å². The molecule has 1 aliphatic heterocycles. The second-order valence-electron chi connectivity index (χ2n) is 2.60. The van der Waals surface area contributed by atoms with Gasteiger partial charge in [-0.25, -0.2) is 0 Å². The summed E-state index contributed by atoms with van der Waals surface area (Å²) in [5.74, 6) is 0.0281. The number of Topliss-reactive ketones (excluding diaryl/α,β-unsaturated/α-hetero) is 1. The lowest BCUT2D eigenvalue weighted by Gasteiger charge is -1.90. The first-order valence-corrected chi connectivity index (χ1v) is 3.53. The predicted octanol–water partition coefficient (Wildman–Crippen LogP) is 1.11. The minimum absolute atomic E-state index is 0.0281. The molecular weight excluding hydrogens is 140 g/mol. The number of rotatable bonds is 1. The second-order valence-corrected chi connectivity index (χ2v) is 2.60. The third kappa shape index (κ3) is 0.888. The fourth-order valence-corrected chi connectivity index (χ4v) is 1.16. The maximum absolute atomic E-state index is 10.9. The van der Waals surface area contributed by atoms with Crippen LogP contribution in [0.15, 0.2) is 12.1 Å². The fraction of sp³-hybridized carbons (Fsp3) is 0.250. The summed E-state index contributed by atoms with van der Waals surface area (Å²) in [6.45, 7) is 2.32. The molecule has 1 aliphatic rings. The van der Waals surface area contributed by atoms with Crippen molar-refractivity contribution in [1.82, 2.24) is 9.78 Å². The Bertz CT molecular complexity index is 336. The molecule has 0 N–H and O–H groups in total. The van der Waals surface area contributed by atoms with Gasteiger partial charge in [-0.15, -0.1) is 0 Å². The van der Waals surface area contributed by atoms with Crippen molar-refractivity contribution in [1.29, 1.82) is 0 Å². The van der Waals surface area contributed by atoms with E-state index in [1.807, 2.05) is 22.9 Å². The number of nitrogens with zero attached hydrogens (tertiary/aromatic N) is 2. The lowest BCUT2D eigenvalue weighted by atomic mass is 10.3. The van der Waals surface area contributed by atoms with Crippen LogP contribution in [0.5, 0.6) is 0 Å². The fourth-order valence-electron chi connectivity index (χ4n) is 1.16. The van der Waals surface area contributed by atoms with E-state index in [0.29, 0.717) is 5.69 Å². The number of fused-ring (bicyclic) bond motifs is 1. The van der Waals surface area contributed by atoms with Crippen LogP contribution in [0.2, 0.25) is 0 Å². The van der Waals surface area contributed by atoms with E-state index in [2.05, 4.69) is 5.10 Å². The molecule has 0 unspecified atom stereocenters. The zero-order chi connectivity index (χ0) is 7.84. The quantitative estimate of drug-likeness (QED) is 0.559. The molecule has 1 aromatic heterocycles. The number of ketones is 1. The van der Waals surface area contributed by atoms with Gasteiger partial charge in [-0.2, -0.15) is 5.10 Å². The largest absolute Gasteiger partial charge is 0.293 e. The molecule has 0 aliphatic carbocycles. The van der Waals surface area contributed by atoms with E-state index in [0.717, 1.165) is 12.2 Å². The Labute approximate surface area is 64.3 Å². The van der Waals surface area contributed by atoms with E-state index >= 15 is 0 Å². The Kier molecular flexibility index (Phi) is 1.18. The van der Waals surface area contributed by atoms with Crippen LogP contribution in [0.4, 0.5) is 0 Å². The van der Waals surface area contributed by atoms with Gasteiger partial charge in [-0.1, -0.05) is 6.08 Å². The van der Waals surface area contributed by atoms with Gasteiger partial charge in [-0.3, -0.25) is 9.48 Å². The first-order valence-electron chi connectivity index (χ1n) is 3.53. The van der Waals surface area contributed by atoms with E-state index in [1.54, 1.807) is 0 Å². The highest BCUT2D eigenvalue weighted by atomic mass is 16.1. The summed E-state index contributed by atoms with van der Waals surface area (Å²) in [6, 6.07) is 1.81. The van der Waals surface area contributed by atoms with E-state index in [1.165, 1.54) is 6.92 Å². The Morgan fingerprint density at radius 3 is 3.18 bits per heavy atom. The van der Waals surface area contributed by atoms with Gasteiger partial charge in [0.15, 0.2) is 5.78 Å². The van der Waals surface area contributed by atoms with Crippen molar-refractivity contribution in [3.8, 4) is 0 Å². The molecule has 0 atom stereocenters. The van der Waals surface area contributed by atoms with Crippen molar-refractivity contribution in [3.05, 3.63) is 23.5 Å². The SMILES string of the molecule is CC(=O)c1cc2n(n1)CC=C2. The lowest BCUT2D eigenvalue weighted by Crippen LogP contribution is -1.98. The van der Waals surface area contributed by atoms with E-state index in [4.69, 9.17) is 0 Å². The number of hydrogen-bond acceptors (Lipinski definition) is 2. The first-order chi connectivity index (χ1) is 5.27. The van der Waals surface area contributed by atoms with Crippen molar-refractivity contribution in [2.75, 3.05) is 0 Å². The van der Waals surface area contributed by atoms with Crippen LogP contribution in [-0.4, -0.2) is 15.6 Å². The molecule has 0 saturated carbocycles. The van der Waals surface area contributed by atoms with Crippen molar-refractivity contribution >= 4 is 11.9 Å². The Balaban J connectivity index is 2.49. The standard InChI is InChI=1S/C8H8N2O/c1-6(11)8-5-7-3-2-4-10(7)9-8/h2-3,5H,4H2,1H3.